The van der Waals surface area contributed by atoms with Gasteiger partial charge in [-0.05, 0) is 0 Å². The van der Waals surface area contributed by atoms with Crippen molar-refractivity contribution in [2.75, 3.05) is 0 Å². The van der Waals surface area contributed by atoms with Gasteiger partial charge in [-0.3, -0.25) is 0 Å². The van der Waals surface area contributed by atoms with E-state index in [2.05, 4.69) is 66.7 Å². The van der Waals surface area contributed by atoms with Gasteiger partial charge in [0.2, 0.25) is 0 Å². The molecule has 1 N–H and O–H groups in total. The number of benzene rings is 3. The van der Waals surface area contributed by atoms with E-state index in [-0.39, 0.29) is 0 Å². The fraction of sp³-hybridized carbons (Fsp3) is 0.100. The Bertz CT molecular complexity index is 680. The topological polar surface area (TPSA) is 20.2 Å². The predicted octanol–water partition coefficient (Wildman–Crippen LogP) is 2.45. The molecule has 0 spiro atoms. The van der Waals surface area contributed by atoms with E-state index in [1.54, 1.807) is 0 Å². The Kier molecular flexibility index (Phi) is 5.96. The van der Waals surface area contributed by atoms with E-state index in [4.69, 9.17) is 0 Å². The molecule has 3 rings (SSSR count). The molecule has 0 aromatic heterocycles. The van der Waals surface area contributed by atoms with E-state index in [0.717, 1.165) is 21.8 Å². The zero-order valence-electron chi connectivity index (χ0n) is 12.7. The van der Waals surface area contributed by atoms with Crippen LogP contribution in [0.5, 0.6) is 5.75 Å². The minimum absolute atomic E-state index is 0.363. The van der Waals surface area contributed by atoms with Crippen molar-refractivity contribution in [2.45, 2.75) is 10.6 Å². The number of aromatic hydroxyl groups is 1. The molecule has 1 nitrogen and oxygen atoms in total. The first-order valence-electron chi connectivity index (χ1n) is 7.48. The van der Waals surface area contributed by atoms with Gasteiger partial charge in [0.25, 0.3) is 0 Å². The van der Waals surface area contributed by atoms with Crippen molar-refractivity contribution < 1.29 is 5.11 Å². The number of phenols is 1. The molecule has 3 heteroatoms. The van der Waals surface area contributed by atoms with Crippen molar-refractivity contribution in [2.24, 2.45) is 0 Å². The van der Waals surface area contributed by atoms with Gasteiger partial charge in [0.15, 0.2) is 0 Å². The first-order chi connectivity index (χ1) is 11.3. The maximum atomic E-state index is 10.6. The van der Waals surface area contributed by atoms with E-state index in [1.807, 2.05) is 12.1 Å². The molecule has 0 amide bonds. The summed E-state index contributed by atoms with van der Waals surface area (Å²) in [6.07, 6.45) is 0. The SMILES string of the molecule is Oc1c(C[Se]c2ccccc2)cccc1C[Se]c1ccccc1. The summed E-state index contributed by atoms with van der Waals surface area (Å²) in [6, 6.07) is 27.3. The summed E-state index contributed by atoms with van der Waals surface area (Å²) in [5, 5.41) is 12.4. The summed E-state index contributed by atoms with van der Waals surface area (Å²) in [6.45, 7) is 0. The monoisotopic (exact) mass is 434 g/mol. The second kappa shape index (κ2) is 8.38. The average molecular weight is 432 g/mol. The fourth-order valence-electron chi connectivity index (χ4n) is 2.23. The standard InChI is InChI=1S/C20H18OSe2/c21-20-16(14-22-18-10-3-1-4-11-18)8-7-9-17(20)15-23-19-12-5-2-6-13-19/h1-13,21H,14-15H2. The number of hydrogen-bond acceptors (Lipinski definition) is 1. The third kappa shape index (κ3) is 4.73. The third-order valence-electron chi connectivity index (χ3n) is 3.48. The molecule has 0 unspecified atom stereocenters. The van der Waals surface area contributed by atoms with Crippen LogP contribution in [0.25, 0.3) is 0 Å². The summed E-state index contributed by atoms with van der Waals surface area (Å²) in [5.74, 6) is 0.503. The zero-order chi connectivity index (χ0) is 15.9. The van der Waals surface area contributed by atoms with Gasteiger partial charge in [-0.25, -0.2) is 0 Å². The molecular weight excluding hydrogens is 414 g/mol. The molecular formula is C20H18OSe2. The van der Waals surface area contributed by atoms with E-state index in [0.29, 0.717) is 35.7 Å². The van der Waals surface area contributed by atoms with Crippen LogP contribution in [0.1, 0.15) is 11.1 Å². The number of para-hydroxylation sites is 1. The molecule has 0 aliphatic carbocycles. The summed E-state index contributed by atoms with van der Waals surface area (Å²) in [5.41, 5.74) is 2.16. The number of rotatable bonds is 6. The van der Waals surface area contributed by atoms with Crippen molar-refractivity contribution >= 4 is 38.8 Å². The van der Waals surface area contributed by atoms with E-state index in [9.17, 15) is 5.11 Å². The normalized spacial score (nSPS) is 10.6. The summed E-state index contributed by atoms with van der Waals surface area (Å²) in [4.78, 5) is 0. The van der Waals surface area contributed by atoms with Crippen LogP contribution in [0.4, 0.5) is 0 Å². The Morgan fingerprint density at radius 1 is 0.565 bits per heavy atom. The maximum absolute atomic E-state index is 10.6. The van der Waals surface area contributed by atoms with Crippen LogP contribution in [0.3, 0.4) is 0 Å². The molecule has 0 radical (unpaired) electrons. The molecule has 3 aromatic carbocycles. The summed E-state index contributed by atoms with van der Waals surface area (Å²) >= 11 is 0.726. The molecule has 0 saturated heterocycles. The molecule has 23 heavy (non-hydrogen) atoms. The first-order valence-corrected chi connectivity index (χ1v) is 11.6. The number of phenolic OH excluding ortho intramolecular Hbond substituents is 1. The van der Waals surface area contributed by atoms with Crippen molar-refractivity contribution in [1.82, 2.24) is 0 Å². The van der Waals surface area contributed by atoms with Gasteiger partial charge in [0, 0.05) is 0 Å². The molecule has 0 saturated carbocycles. The van der Waals surface area contributed by atoms with Gasteiger partial charge in [0.1, 0.15) is 0 Å². The van der Waals surface area contributed by atoms with Crippen molar-refractivity contribution in [3.63, 3.8) is 0 Å². The fourth-order valence-corrected chi connectivity index (χ4v) is 6.03. The van der Waals surface area contributed by atoms with Crippen LogP contribution in [-0.2, 0) is 10.6 Å². The zero-order valence-corrected chi connectivity index (χ0v) is 16.1. The molecule has 0 aliphatic heterocycles. The summed E-state index contributed by atoms with van der Waals surface area (Å²) < 4.78 is 2.75. The van der Waals surface area contributed by atoms with E-state index in [1.165, 1.54) is 8.92 Å². The molecule has 3 aromatic rings. The molecule has 0 fully saturated rings. The van der Waals surface area contributed by atoms with Gasteiger partial charge < -0.3 is 0 Å². The quantitative estimate of drug-likeness (QED) is 0.594. The van der Waals surface area contributed by atoms with Crippen LogP contribution < -0.4 is 8.92 Å². The van der Waals surface area contributed by atoms with Gasteiger partial charge in [-0.1, -0.05) is 0 Å². The van der Waals surface area contributed by atoms with Gasteiger partial charge in [0.05, 0.1) is 0 Å². The van der Waals surface area contributed by atoms with Crippen molar-refractivity contribution in [3.05, 3.63) is 90.0 Å². The van der Waals surface area contributed by atoms with Crippen LogP contribution in [0.15, 0.2) is 78.9 Å². The van der Waals surface area contributed by atoms with Gasteiger partial charge in [-0.2, -0.15) is 0 Å². The van der Waals surface area contributed by atoms with E-state index >= 15 is 0 Å². The van der Waals surface area contributed by atoms with Gasteiger partial charge >= 0.3 is 150 Å². The Morgan fingerprint density at radius 3 is 1.43 bits per heavy atom. The molecule has 0 atom stereocenters. The molecule has 116 valence electrons. The van der Waals surface area contributed by atoms with E-state index < -0.39 is 0 Å². The Balaban J connectivity index is 1.66. The van der Waals surface area contributed by atoms with Crippen LogP contribution in [0.2, 0.25) is 0 Å². The van der Waals surface area contributed by atoms with Crippen LogP contribution >= 0.6 is 0 Å². The Labute approximate surface area is 150 Å². The van der Waals surface area contributed by atoms with Crippen molar-refractivity contribution in [3.8, 4) is 5.75 Å². The third-order valence-corrected chi connectivity index (χ3v) is 7.93. The molecule has 0 aliphatic rings. The molecule has 0 bridgehead atoms. The molecule has 0 heterocycles. The number of hydrogen-bond donors (Lipinski definition) is 1. The Morgan fingerprint density at radius 2 is 1.00 bits per heavy atom. The minimum atomic E-state index is 0.363. The average Bonchev–Trinajstić information content (AvgIpc) is 2.61. The van der Waals surface area contributed by atoms with Crippen LogP contribution in [0, 0.1) is 0 Å². The Hall–Kier alpha value is -1.50. The first kappa shape index (κ1) is 16.4. The second-order valence-corrected chi connectivity index (χ2v) is 9.53. The van der Waals surface area contributed by atoms with Crippen LogP contribution in [-0.4, -0.2) is 35.0 Å². The van der Waals surface area contributed by atoms with Crippen molar-refractivity contribution in [1.29, 1.82) is 0 Å². The van der Waals surface area contributed by atoms with Gasteiger partial charge in [-0.15, -0.1) is 0 Å². The predicted molar refractivity (Wildman–Crippen MR) is 99.2 cm³/mol. The summed E-state index contributed by atoms with van der Waals surface area (Å²) in [7, 11) is 0. The second-order valence-electron chi connectivity index (χ2n) is 5.13.